The standard InChI is InChI=1S/C11H26N4O2/c1-13-5-3-4-10(12)11(17)15(8-9-16)7-6-14-2/h10,13-14,16H,3-9,12H2,1-2H3/t10-/m0/s1. The summed E-state index contributed by atoms with van der Waals surface area (Å²) in [6.45, 7) is 2.46. The van der Waals surface area contributed by atoms with E-state index >= 15 is 0 Å². The second kappa shape index (κ2) is 10.5. The van der Waals surface area contributed by atoms with Crippen LogP contribution in [0.15, 0.2) is 0 Å². The lowest BCUT2D eigenvalue weighted by atomic mass is 10.1. The molecule has 0 aromatic heterocycles. The van der Waals surface area contributed by atoms with Crippen molar-refractivity contribution in [2.75, 3.05) is 46.9 Å². The number of carbonyl (C=O) groups is 1. The lowest BCUT2D eigenvalue weighted by molar-refractivity contribution is -0.133. The lowest BCUT2D eigenvalue weighted by Gasteiger charge is -2.25. The molecule has 17 heavy (non-hydrogen) atoms. The summed E-state index contributed by atoms with van der Waals surface area (Å²) in [5.74, 6) is -0.0783. The number of likely N-dealkylation sites (N-methyl/N-ethyl adjacent to an activating group) is 1. The summed E-state index contributed by atoms with van der Waals surface area (Å²) in [6.07, 6.45) is 1.55. The van der Waals surface area contributed by atoms with Gasteiger partial charge in [-0.3, -0.25) is 4.79 Å². The molecule has 0 saturated carbocycles. The Morgan fingerprint density at radius 3 is 2.47 bits per heavy atom. The smallest absolute Gasteiger partial charge is 0.239 e. The van der Waals surface area contributed by atoms with E-state index in [9.17, 15) is 4.79 Å². The Morgan fingerprint density at radius 1 is 1.29 bits per heavy atom. The number of amides is 1. The molecule has 6 heteroatoms. The molecule has 0 aliphatic heterocycles. The van der Waals surface area contributed by atoms with Gasteiger partial charge in [-0.25, -0.2) is 0 Å². The van der Waals surface area contributed by atoms with E-state index in [1.807, 2.05) is 14.1 Å². The van der Waals surface area contributed by atoms with Crippen LogP contribution in [0.2, 0.25) is 0 Å². The zero-order valence-electron chi connectivity index (χ0n) is 10.9. The molecule has 0 aliphatic rings. The number of nitrogens with one attached hydrogen (secondary N) is 2. The number of hydrogen-bond donors (Lipinski definition) is 4. The Kier molecular flexibility index (Phi) is 10.0. The molecule has 0 saturated heterocycles. The van der Waals surface area contributed by atoms with Gasteiger partial charge >= 0.3 is 0 Å². The molecule has 0 aromatic rings. The van der Waals surface area contributed by atoms with Crippen molar-refractivity contribution in [3.63, 3.8) is 0 Å². The maximum Gasteiger partial charge on any atom is 0.239 e. The van der Waals surface area contributed by atoms with Crippen LogP contribution in [0.25, 0.3) is 0 Å². The van der Waals surface area contributed by atoms with E-state index < -0.39 is 6.04 Å². The van der Waals surface area contributed by atoms with Crippen LogP contribution < -0.4 is 16.4 Å². The van der Waals surface area contributed by atoms with Crippen LogP contribution in [0.1, 0.15) is 12.8 Å². The monoisotopic (exact) mass is 246 g/mol. The molecule has 0 spiro atoms. The van der Waals surface area contributed by atoms with Crippen molar-refractivity contribution in [2.45, 2.75) is 18.9 Å². The van der Waals surface area contributed by atoms with Gasteiger partial charge in [0.05, 0.1) is 12.6 Å². The minimum Gasteiger partial charge on any atom is -0.395 e. The molecule has 0 unspecified atom stereocenters. The van der Waals surface area contributed by atoms with E-state index in [-0.39, 0.29) is 12.5 Å². The first-order valence-electron chi connectivity index (χ1n) is 6.11. The third-order valence-electron chi connectivity index (χ3n) is 2.57. The quantitative estimate of drug-likeness (QED) is 0.347. The van der Waals surface area contributed by atoms with Crippen molar-refractivity contribution < 1.29 is 9.90 Å². The highest BCUT2D eigenvalue weighted by atomic mass is 16.3. The van der Waals surface area contributed by atoms with E-state index in [0.717, 1.165) is 13.0 Å². The molecule has 0 radical (unpaired) electrons. The van der Waals surface area contributed by atoms with Crippen LogP contribution in [0.4, 0.5) is 0 Å². The van der Waals surface area contributed by atoms with E-state index in [2.05, 4.69) is 10.6 Å². The highest BCUT2D eigenvalue weighted by Gasteiger charge is 2.19. The molecule has 0 rings (SSSR count). The van der Waals surface area contributed by atoms with Gasteiger partial charge in [0, 0.05) is 19.6 Å². The third kappa shape index (κ3) is 7.27. The Labute approximate surface area is 104 Å². The van der Waals surface area contributed by atoms with Crippen molar-refractivity contribution in [3.8, 4) is 0 Å². The Hall–Kier alpha value is -0.690. The zero-order valence-corrected chi connectivity index (χ0v) is 10.9. The maximum absolute atomic E-state index is 12.0. The molecule has 1 amide bonds. The van der Waals surface area contributed by atoms with Gasteiger partial charge in [0.1, 0.15) is 0 Å². The summed E-state index contributed by atoms with van der Waals surface area (Å²) in [4.78, 5) is 13.6. The molecule has 0 heterocycles. The van der Waals surface area contributed by atoms with Crippen molar-refractivity contribution in [1.82, 2.24) is 15.5 Å². The van der Waals surface area contributed by atoms with Gasteiger partial charge in [-0.15, -0.1) is 0 Å². The second-order valence-electron chi connectivity index (χ2n) is 4.00. The van der Waals surface area contributed by atoms with Crippen LogP contribution >= 0.6 is 0 Å². The molecule has 1 atom stereocenters. The molecule has 5 N–H and O–H groups in total. The van der Waals surface area contributed by atoms with Gasteiger partial charge in [-0.05, 0) is 33.5 Å². The van der Waals surface area contributed by atoms with E-state index in [1.165, 1.54) is 0 Å². The number of aliphatic hydroxyl groups is 1. The van der Waals surface area contributed by atoms with E-state index in [0.29, 0.717) is 26.1 Å². The number of hydrogen-bond acceptors (Lipinski definition) is 5. The predicted octanol–water partition coefficient (Wildman–Crippen LogP) is -1.65. The zero-order chi connectivity index (χ0) is 13.1. The average Bonchev–Trinajstić information content (AvgIpc) is 2.33. The molecule has 0 fully saturated rings. The average molecular weight is 246 g/mol. The molecule has 6 nitrogen and oxygen atoms in total. The fraction of sp³-hybridized carbons (Fsp3) is 0.909. The van der Waals surface area contributed by atoms with Gasteiger partial charge in [-0.2, -0.15) is 0 Å². The number of nitrogens with two attached hydrogens (primary N) is 1. The van der Waals surface area contributed by atoms with Crippen molar-refractivity contribution in [3.05, 3.63) is 0 Å². The fourth-order valence-corrected chi connectivity index (χ4v) is 1.56. The minimum atomic E-state index is -0.466. The van der Waals surface area contributed by atoms with Crippen LogP contribution in [0, 0.1) is 0 Å². The summed E-state index contributed by atoms with van der Waals surface area (Å²) in [7, 11) is 3.70. The second-order valence-corrected chi connectivity index (χ2v) is 4.00. The summed E-state index contributed by atoms with van der Waals surface area (Å²) in [5, 5.41) is 14.9. The first kappa shape index (κ1) is 16.3. The summed E-state index contributed by atoms with van der Waals surface area (Å²) in [5.41, 5.74) is 5.84. The summed E-state index contributed by atoms with van der Waals surface area (Å²) in [6, 6.07) is -0.466. The van der Waals surface area contributed by atoms with Gasteiger partial charge in [0.2, 0.25) is 5.91 Å². The van der Waals surface area contributed by atoms with E-state index in [1.54, 1.807) is 4.90 Å². The molecule has 0 bridgehead atoms. The Balaban J connectivity index is 4.08. The number of rotatable bonds is 10. The number of carbonyl (C=O) groups excluding carboxylic acids is 1. The SMILES string of the molecule is CNCCC[C@H](N)C(=O)N(CCO)CCNC. The van der Waals surface area contributed by atoms with Gasteiger partial charge in [-0.1, -0.05) is 0 Å². The van der Waals surface area contributed by atoms with E-state index in [4.69, 9.17) is 10.8 Å². The highest BCUT2D eigenvalue weighted by molar-refractivity contribution is 5.81. The van der Waals surface area contributed by atoms with Crippen LogP contribution in [0.5, 0.6) is 0 Å². The number of aliphatic hydroxyl groups excluding tert-OH is 1. The molecular formula is C11H26N4O2. The third-order valence-corrected chi connectivity index (χ3v) is 2.57. The maximum atomic E-state index is 12.0. The van der Waals surface area contributed by atoms with Crippen molar-refractivity contribution >= 4 is 5.91 Å². The lowest BCUT2D eigenvalue weighted by Crippen LogP contribution is -2.47. The first-order chi connectivity index (χ1) is 8.17. The van der Waals surface area contributed by atoms with Crippen LogP contribution in [-0.2, 0) is 4.79 Å². The van der Waals surface area contributed by atoms with Gasteiger partial charge < -0.3 is 26.4 Å². The molecule has 0 aromatic carbocycles. The fourth-order valence-electron chi connectivity index (χ4n) is 1.56. The minimum absolute atomic E-state index is 0.0291. The molecule has 0 aliphatic carbocycles. The first-order valence-corrected chi connectivity index (χ1v) is 6.11. The summed E-state index contributed by atoms with van der Waals surface area (Å²) < 4.78 is 0. The van der Waals surface area contributed by atoms with Gasteiger partial charge in [0.25, 0.3) is 0 Å². The molecule has 102 valence electrons. The van der Waals surface area contributed by atoms with Crippen molar-refractivity contribution in [1.29, 1.82) is 0 Å². The van der Waals surface area contributed by atoms with Gasteiger partial charge in [0.15, 0.2) is 0 Å². The van der Waals surface area contributed by atoms with Crippen LogP contribution in [-0.4, -0.2) is 68.8 Å². The Bertz CT molecular complexity index is 202. The predicted molar refractivity (Wildman–Crippen MR) is 68.7 cm³/mol. The highest BCUT2D eigenvalue weighted by Crippen LogP contribution is 2.00. The summed E-state index contributed by atoms with van der Waals surface area (Å²) >= 11 is 0. The normalized spacial score (nSPS) is 12.5. The largest absolute Gasteiger partial charge is 0.395 e. The molecular weight excluding hydrogens is 220 g/mol. The Morgan fingerprint density at radius 2 is 1.94 bits per heavy atom. The van der Waals surface area contributed by atoms with Crippen LogP contribution in [0.3, 0.4) is 0 Å². The van der Waals surface area contributed by atoms with Crippen molar-refractivity contribution in [2.24, 2.45) is 5.73 Å². The number of nitrogens with zero attached hydrogens (tertiary/aromatic N) is 1. The topological polar surface area (TPSA) is 90.6 Å².